The predicted octanol–water partition coefficient (Wildman–Crippen LogP) is 6.43. The van der Waals surface area contributed by atoms with Crippen molar-refractivity contribution in [2.45, 2.75) is 0 Å². The Balaban J connectivity index is 1.38. The molecule has 0 radical (unpaired) electrons. The molecule has 0 aliphatic heterocycles. The van der Waals surface area contributed by atoms with Gasteiger partial charge in [-0.15, -0.1) is 0 Å². The van der Waals surface area contributed by atoms with Crippen molar-refractivity contribution in [1.29, 1.82) is 0 Å². The Labute approximate surface area is 218 Å². The molecular formula is C31H19N7. The van der Waals surface area contributed by atoms with Gasteiger partial charge in [0.05, 0.1) is 17.1 Å². The van der Waals surface area contributed by atoms with Crippen LogP contribution < -0.4 is 0 Å². The van der Waals surface area contributed by atoms with E-state index in [2.05, 4.69) is 37.1 Å². The van der Waals surface area contributed by atoms with Crippen molar-refractivity contribution >= 4 is 22.1 Å². The summed E-state index contributed by atoms with van der Waals surface area (Å²) in [7, 11) is 0. The van der Waals surface area contributed by atoms with Gasteiger partial charge in [0.1, 0.15) is 0 Å². The van der Waals surface area contributed by atoms with E-state index in [1.807, 2.05) is 72.8 Å². The second-order valence-electron chi connectivity index (χ2n) is 8.80. The summed E-state index contributed by atoms with van der Waals surface area (Å²) in [4.78, 5) is 32.1. The van der Waals surface area contributed by atoms with E-state index in [0.29, 0.717) is 17.1 Å². The smallest absolute Gasteiger partial charge is 0.160 e. The number of rotatable bonds is 4. The summed E-state index contributed by atoms with van der Waals surface area (Å²) in [6, 6.07) is 27.9. The zero-order valence-corrected chi connectivity index (χ0v) is 20.1. The minimum Gasteiger partial charge on any atom is -0.256 e. The molecule has 0 saturated heterocycles. The lowest BCUT2D eigenvalue weighted by Gasteiger charge is -2.10. The first kappa shape index (κ1) is 21.8. The second kappa shape index (κ2) is 9.22. The summed E-state index contributed by atoms with van der Waals surface area (Å²) >= 11 is 0. The molecular weight excluding hydrogens is 470 g/mol. The summed E-state index contributed by atoms with van der Waals surface area (Å²) < 4.78 is 0. The van der Waals surface area contributed by atoms with Crippen molar-refractivity contribution < 1.29 is 0 Å². The molecule has 0 aliphatic rings. The minimum atomic E-state index is 0.614. The third kappa shape index (κ3) is 4.12. The van der Waals surface area contributed by atoms with E-state index in [4.69, 9.17) is 9.97 Å². The van der Waals surface area contributed by atoms with Gasteiger partial charge >= 0.3 is 0 Å². The van der Waals surface area contributed by atoms with E-state index in [1.165, 1.54) is 0 Å². The molecule has 6 heterocycles. The SMILES string of the molecule is c1ccc(-c2ccc(-c3nc(-c4cnc5ncccc5c4)cc(-c4cnc5ncccc5c4)n3)cc2)nc1. The van der Waals surface area contributed by atoms with Crippen LogP contribution in [-0.2, 0) is 0 Å². The van der Waals surface area contributed by atoms with Crippen molar-refractivity contribution in [2.75, 3.05) is 0 Å². The molecule has 178 valence electrons. The van der Waals surface area contributed by atoms with Crippen molar-refractivity contribution in [3.63, 3.8) is 0 Å². The largest absolute Gasteiger partial charge is 0.256 e. The maximum absolute atomic E-state index is 4.95. The van der Waals surface area contributed by atoms with Gasteiger partial charge in [0, 0.05) is 64.0 Å². The minimum absolute atomic E-state index is 0.614. The average Bonchev–Trinajstić information content (AvgIpc) is 3.01. The van der Waals surface area contributed by atoms with E-state index >= 15 is 0 Å². The van der Waals surface area contributed by atoms with Crippen LogP contribution in [0.25, 0.3) is 67.2 Å². The lowest BCUT2D eigenvalue weighted by molar-refractivity contribution is 1.17. The van der Waals surface area contributed by atoms with Crippen LogP contribution in [0.2, 0.25) is 0 Å². The second-order valence-corrected chi connectivity index (χ2v) is 8.80. The fourth-order valence-electron chi connectivity index (χ4n) is 4.41. The first-order valence-corrected chi connectivity index (χ1v) is 12.1. The number of benzene rings is 1. The molecule has 0 aliphatic carbocycles. The number of nitrogens with zero attached hydrogens (tertiary/aromatic N) is 7. The third-order valence-corrected chi connectivity index (χ3v) is 6.33. The van der Waals surface area contributed by atoms with Crippen LogP contribution in [0.4, 0.5) is 0 Å². The van der Waals surface area contributed by atoms with E-state index < -0.39 is 0 Å². The number of hydrogen-bond donors (Lipinski definition) is 0. The molecule has 0 atom stereocenters. The highest BCUT2D eigenvalue weighted by Gasteiger charge is 2.13. The van der Waals surface area contributed by atoms with Gasteiger partial charge in [0.2, 0.25) is 0 Å². The maximum atomic E-state index is 4.95. The molecule has 0 spiro atoms. The molecule has 0 unspecified atom stereocenters. The Bertz CT molecular complexity index is 1820. The lowest BCUT2D eigenvalue weighted by atomic mass is 10.1. The third-order valence-electron chi connectivity index (χ3n) is 6.33. The summed E-state index contributed by atoms with van der Waals surface area (Å²) in [5.74, 6) is 0.614. The molecule has 38 heavy (non-hydrogen) atoms. The van der Waals surface area contributed by atoms with Crippen LogP contribution in [0, 0.1) is 0 Å². The average molecular weight is 490 g/mol. The van der Waals surface area contributed by atoms with Crippen LogP contribution in [-0.4, -0.2) is 34.9 Å². The molecule has 7 nitrogen and oxygen atoms in total. The summed E-state index contributed by atoms with van der Waals surface area (Å²) in [5.41, 5.74) is 7.55. The lowest BCUT2D eigenvalue weighted by Crippen LogP contribution is -1.97. The van der Waals surface area contributed by atoms with Crippen LogP contribution in [0.3, 0.4) is 0 Å². The van der Waals surface area contributed by atoms with Crippen LogP contribution >= 0.6 is 0 Å². The molecule has 0 fully saturated rings. The highest BCUT2D eigenvalue weighted by molar-refractivity contribution is 5.83. The van der Waals surface area contributed by atoms with Gasteiger partial charge in [-0.1, -0.05) is 30.3 Å². The Morgan fingerprint density at radius 2 is 0.974 bits per heavy atom. The summed E-state index contributed by atoms with van der Waals surface area (Å²) in [6.07, 6.45) is 8.89. The Morgan fingerprint density at radius 3 is 1.55 bits per heavy atom. The quantitative estimate of drug-likeness (QED) is 0.281. The Morgan fingerprint density at radius 1 is 0.395 bits per heavy atom. The van der Waals surface area contributed by atoms with Gasteiger partial charge in [0.25, 0.3) is 0 Å². The number of pyridine rings is 5. The van der Waals surface area contributed by atoms with Gasteiger partial charge < -0.3 is 0 Å². The monoisotopic (exact) mass is 489 g/mol. The Kier molecular flexibility index (Phi) is 5.29. The molecule has 7 aromatic rings. The zero-order valence-electron chi connectivity index (χ0n) is 20.1. The number of hydrogen-bond acceptors (Lipinski definition) is 7. The van der Waals surface area contributed by atoms with Crippen molar-refractivity contribution in [3.05, 3.63) is 116 Å². The topological polar surface area (TPSA) is 90.2 Å². The first-order chi connectivity index (χ1) is 18.8. The normalized spacial score (nSPS) is 11.2. The fourth-order valence-corrected chi connectivity index (χ4v) is 4.41. The fraction of sp³-hybridized carbons (Fsp3) is 0. The highest BCUT2D eigenvalue weighted by atomic mass is 14.9. The molecule has 6 aromatic heterocycles. The Hall–Kier alpha value is -5.43. The molecule has 1 aromatic carbocycles. The van der Waals surface area contributed by atoms with Crippen molar-refractivity contribution in [2.24, 2.45) is 0 Å². The van der Waals surface area contributed by atoms with E-state index in [-0.39, 0.29) is 0 Å². The molecule has 0 bridgehead atoms. The molecule has 7 rings (SSSR count). The molecule has 0 saturated carbocycles. The van der Waals surface area contributed by atoms with Crippen molar-refractivity contribution in [3.8, 4) is 45.2 Å². The summed E-state index contributed by atoms with van der Waals surface area (Å²) in [5, 5.41) is 1.90. The predicted molar refractivity (Wildman–Crippen MR) is 148 cm³/mol. The van der Waals surface area contributed by atoms with E-state index in [9.17, 15) is 0 Å². The van der Waals surface area contributed by atoms with Crippen LogP contribution in [0.1, 0.15) is 0 Å². The maximum Gasteiger partial charge on any atom is 0.160 e. The van der Waals surface area contributed by atoms with E-state index in [0.717, 1.165) is 50.1 Å². The molecule has 0 N–H and O–H groups in total. The van der Waals surface area contributed by atoms with Gasteiger partial charge in [-0.2, -0.15) is 0 Å². The van der Waals surface area contributed by atoms with Gasteiger partial charge in [0.15, 0.2) is 17.1 Å². The first-order valence-electron chi connectivity index (χ1n) is 12.1. The van der Waals surface area contributed by atoms with E-state index in [1.54, 1.807) is 31.0 Å². The molecule has 7 heteroatoms. The highest BCUT2D eigenvalue weighted by Crippen LogP contribution is 2.30. The van der Waals surface area contributed by atoms with Crippen molar-refractivity contribution in [1.82, 2.24) is 34.9 Å². The van der Waals surface area contributed by atoms with Crippen LogP contribution in [0.15, 0.2) is 116 Å². The zero-order chi connectivity index (χ0) is 25.3. The van der Waals surface area contributed by atoms with Gasteiger partial charge in [-0.25, -0.2) is 29.9 Å². The number of fused-ring (bicyclic) bond motifs is 2. The van der Waals surface area contributed by atoms with Gasteiger partial charge in [-0.3, -0.25) is 4.98 Å². The molecule has 0 amide bonds. The standard InChI is InChI=1S/C31H19N7/c1-2-12-32-26(7-1)20-8-10-21(11-9-20)31-37-27(24-15-22-5-3-13-33-29(22)35-18-24)17-28(38-31)25-16-23-6-4-14-34-30(23)36-19-25/h1-19H. The van der Waals surface area contributed by atoms with Gasteiger partial charge in [-0.05, 0) is 54.6 Å². The van der Waals surface area contributed by atoms with Crippen LogP contribution in [0.5, 0.6) is 0 Å². The number of aromatic nitrogens is 7. The summed E-state index contributed by atoms with van der Waals surface area (Å²) in [6.45, 7) is 0.